The van der Waals surface area contributed by atoms with Gasteiger partial charge in [0.2, 0.25) is 0 Å². The molecule has 15 heavy (non-hydrogen) atoms. The quantitative estimate of drug-likeness (QED) is 0.760. The summed E-state index contributed by atoms with van der Waals surface area (Å²) in [5, 5.41) is 1.22. The van der Waals surface area contributed by atoms with E-state index in [4.69, 9.17) is 0 Å². The van der Waals surface area contributed by atoms with Crippen LogP contribution in [0.5, 0.6) is 0 Å². The Balaban J connectivity index is 2.12. The summed E-state index contributed by atoms with van der Waals surface area (Å²) in [6, 6.07) is 4.10. The van der Waals surface area contributed by atoms with E-state index in [0.717, 1.165) is 18.7 Å². The van der Waals surface area contributed by atoms with E-state index < -0.39 is 0 Å². The van der Waals surface area contributed by atoms with Gasteiger partial charge in [0.05, 0.1) is 0 Å². The van der Waals surface area contributed by atoms with Crippen LogP contribution in [0.25, 0.3) is 16.6 Å². The van der Waals surface area contributed by atoms with E-state index in [1.807, 2.05) is 12.3 Å². The Bertz CT molecular complexity index is 524. The molecule has 1 aliphatic heterocycles. The van der Waals surface area contributed by atoms with Crippen LogP contribution >= 0.6 is 0 Å². The van der Waals surface area contributed by atoms with Crippen molar-refractivity contribution in [3.63, 3.8) is 0 Å². The van der Waals surface area contributed by atoms with Gasteiger partial charge in [-0.05, 0) is 24.8 Å². The lowest BCUT2D eigenvalue weighted by atomic mass is 10.1. The van der Waals surface area contributed by atoms with Gasteiger partial charge in [-0.2, -0.15) is 0 Å². The maximum absolute atomic E-state index is 4.30. The minimum Gasteiger partial charge on any atom is -0.346 e. The van der Waals surface area contributed by atoms with Crippen molar-refractivity contribution in [1.29, 1.82) is 0 Å². The van der Waals surface area contributed by atoms with Crippen LogP contribution < -0.4 is 0 Å². The average Bonchev–Trinajstić information content (AvgIpc) is 2.83. The van der Waals surface area contributed by atoms with Gasteiger partial charge in [-0.25, -0.2) is 4.98 Å². The van der Waals surface area contributed by atoms with Crippen molar-refractivity contribution in [1.82, 2.24) is 14.9 Å². The largest absolute Gasteiger partial charge is 0.346 e. The number of fused-ring (bicyclic) bond motifs is 1. The van der Waals surface area contributed by atoms with Crippen molar-refractivity contribution < 1.29 is 0 Å². The first-order chi connectivity index (χ1) is 7.34. The Kier molecular flexibility index (Phi) is 1.86. The molecule has 3 heterocycles. The van der Waals surface area contributed by atoms with E-state index >= 15 is 0 Å². The summed E-state index contributed by atoms with van der Waals surface area (Å²) < 4.78 is 0. The normalized spacial score (nSPS) is 17.3. The molecule has 3 nitrogen and oxygen atoms in total. The summed E-state index contributed by atoms with van der Waals surface area (Å²) in [7, 11) is 2.14. The van der Waals surface area contributed by atoms with Gasteiger partial charge < -0.3 is 4.98 Å². The van der Waals surface area contributed by atoms with Gasteiger partial charge >= 0.3 is 0 Å². The topological polar surface area (TPSA) is 31.9 Å². The zero-order valence-corrected chi connectivity index (χ0v) is 8.70. The molecular formula is C12H13N3. The Labute approximate surface area is 88.4 Å². The van der Waals surface area contributed by atoms with Gasteiger partial charge in [-0.15, -0.1) is 0 Å². The van der Waals surface area contributed by atoms with Crippen LogP contribution in [0.2, 0.25) is 0 Å². The second-order valence-corrected chi connectivity index (χ2v) is 4.03. The van der Waals surface area contributed by atoms with Crippen LogP contribution in [-0.4, -0.2) is 35.0 Å². The lowest BCUT2D eigenvalue weighted by Gasteiger charge is -2.06. The number of hydrogen-bond donors (Lipinski definition) is 1. The van der Waals surface area contributed by atoms with Gasteiger partial charge in [0.15, 0.2) is 0 Å². The summed E-state index contributed by atoms with van der Waals surface area (Å²) in [5.41, 5.74) is 3.67. The summed E-state index contributed by atoms with van der Waals surface area (Å²) in [5.74, 6) is 0. The number of aromatic nitrogens is 2. The average molecular weight is 199 g/mol. The van der Waals surface area contributed by atoms with Crippen molar-refractivity contribution >= 4 is 16.6 Å². The van der Waals surface area contributed by atoms with Crippen molar-refractivity contribution in [2.24, 2.45) is 0 Å². The fourth-order valence-corrected chi connectivity index (χ4v) is 2.10. The minimum atomic E-state index is 0.975. The van der Waals surface area contributed by atoms with Gasteiger partial charge in [-0.1, -0.05) is 6.08 Å². The molecule has 3 rings (SSSR count). The van der Waals surface area contributed by atoms with Crippen LogP contribution in [0, 0.1) is 0 Å². The van der Waals surface area contributed by atoms with Gasteiger partial charge in [0.25, 0.3) is 0 Å². The van der Waals surface area contributed by atoms with E-state index in [2.05, 4.69) is 40.3 Å². The monoisotopic (exact) mass is 199 g/mol. The van der Waals surface area contributed by atoms with Crippen molar-refractivity contribution in [3.8, 4) is 0 Å². The third-order valence-electron chi connectivity index (χ3n) is 2.89. The number of hydrogen-bond acceptors (Lipinski definition) is 2. The highest BCUT2D eigenvalue weighted by Gasteiger charge is 2.14. The zero-order chi connectivity index (χ0) is 10.3. The molecule has 76 valence electrons. The van der Waals surface area contributed by atoms with E-state index in [0.29, 0.717) is 0 Å². The molecule has 0 saturated heterocycles. The van der Waals surface area contributed by atoms with E-state index in [9.17, 15) is 0 Å². The smallest absolute Gasteiger partial charge is 0.137 e. The molecule has 0 fully saturated rings. The molecule has 3 heteroatoms. The Morgan fingerprint density at radius 2 is 2.40 bits per heavy atom. The zero-order valence-electron chi connectivity index (χ0n) is 8.70. The van der Waals surface area contributed by atoms with Crippen molar-refractivity contribution in [3.05, 3.63) is 36.2 Å². The van der Waals surface area contributed by atoms with Crippen LogP contribution in [0.1, 0.15) is 5.56 Å². The molecule has 0 bridgehead atoms. The number of aromatic amines is 1. The highest BCUT2D eigenvalue weighted by Crippen LogP contribution is 2.26. The van der Waals surface area contributed by atoms with E-state index in [1.165, 1.54) is 16.5 Å². The fourth-order valence-electron chi connectivity index (χ4n) is 2.10. The van der Waals surface area contributed by atoms with Gasteiger partial charge in [-0.3, -0.25) is 4.90 Å². The molecule has 0 saturated carbocycles. The lowest BCUT2D eigenvalue weighted by molar-refractivity contribution is 0.439. The summed E-state index contributed by atoms with van der Waals surface area (Å²) in [6.07, 6.45) is 6.16. The number of likely N-dealkylation sites (N-methyl/N-ethyl adjacent to an activating group) is 1. The van der Waals surface area contributed by atoms with Crippen LogP contribution in [0.15, 0.2) is 30.6 Å². The maximum Gasteiger partial charge on any atom is 0.137 e. The lowest BCUT2D eigenvalue weighted by Crippen LogP contribution is -2.13. The van der Waals surface area contributed by atoms with Crippen molar-refractivity contribution in [2.45, 2.75) is 0 Å². The SMILES string of the molecule is CN1CC=C(c2c[nH]c3ncccc23)C1. The number of rotatable bonds is 1. The number of nitrogens with zero attached hydrogens (tertiary/aromatic N) is 2. The summed E-state index contributed by atoms with van der Waals surface area (Å²) >= 11 is 0. The molecule has 2 aromatic rings. The fraction of sp³-hybridized carbons (Fsp3) is 0.250. The molecule has 0 radical (unpaired) electrons. The predicted molar refractivity (Wildman–Crippen MR) is 61.6 cm³/mol. The minimum absolute atomic E-state index is 0.975. The summed E-state index contributed by atoms with van der Waals surface area (Å²) in [4.78, 5) is 9.80. The molecule has 1 aliphatic rings. The second kappa shape index (κ2) is 3.21. The Hall–Kier alpha value is -1.61. The van der Waals surface area contributed by atoms with Crippen LogP contribution in [0.4, 0.5) is 0 Å². The van der Waals surface area contributed by atoms with E-state index in [-0.39, 0.29) is 0 Å². The molecule has 0 atom stereocenters. The highest BCUT2D eigenvalue weighted by molar-refractivity contribution is 5.91. The van der Waals surface area contributed by atoms with Crippen LogP contribution in [0.3, 0.4) is 0 Å². The first kappa shape index (κ1) is 8.68. The van der Waals surface area contributed by atoms with Gasteiger partial charge in [0.1, 0.15) is 5.65 Å². The van der Waals surface area contributed by atoms with E-state index in [1.54, 1.807) is 0 Å². The van der Waals surface area contributed by atoms with Crippen LogP contribution in [-0.2, 0) is 0 Å². The number of nitrogens with one attached hydrogen (secondary N) is 1. The summed E-state index contributed by atoms with van der Waals surface area (Å²) in [6.45, 7) is 2.07. The number of pyridine rings is 1. The Morgan fingerprint density at radius 3 is 3.20 bits per heavy atom. The highest BCUT2D eigenvalue weighted by atomic mass is 15.1. The first-order valence-corrected chi connectivity index (χ1v) is 5.14. The number of H-pyrrole nitrogens is 1. The molecule has 0 unspecified atom stereocenters. The maximum atomic E-state index is 4.30. The standard InChI is InChI=1S/C12H13N3/c1-15-6-4-9(8-15)11-7-14-12-10(11)3-2-5-13-12/h2-5,7H,6,8H2,1H3,(H,13,14). The predicted octanol–water partition coefficient (Wildman–Crippen LogP) is 1.89. The Morgan fingerprint density at radius 1 is 1.47 bits per heavy atom. The molecular weight excluding hydrogens is 186 g/mol. The van der Waals surface area contributed by atoms with Crippen molar-refractivity contribution in [2.75, 3.05) is 20.1 Å². The third-order valence-corrected chi connectivity index (χ3v) is 2.89. The second-order valence-electron chi connectivity index (χ2n) is 4.03. The van der Waals surface area contributed by atoms with Gasteiger partial charge in [0, 0.05) is 36.4 Å². The molecule has 0 aliphatic carbocycles. The molecule has 0 aromatic carbocycles. The molecule has 0 amide bonds. The first-order valence-electron chi connectivity index (χ1n) is 5.14. The molecule has 2 aromatic heterocycles. The third kappa shape index (κ3) is 1.36. The molecule has 1 N–H and O–H groups in total. The molecule has 0 spiro atoms.